The summed E-state index contributed by atoms with van der Waals surface area (Å²) in [5.41, 5.74) is 5.81. The molecule has 2 atom stereocenters. The molecule has 0 aliphatic heterocycles. The third kappa shape index (κ3) is 2.06. The second-order valence-corrected chi connectivity index (χ2v) is 5.84. The van der Waals surface area contributed by atoms with Gasteiger partial charge >= 0.3 is 0 Å². The summed E-state index contributed by atoms with van der Waals surface area (Å²) >= 11 is 0. The van der Waals surface area contributed by atoms with Crippen molar-refractivity contribution in [2.75, 3.05) is 0 Å². The van der Waals surface area contributed by atoms with Crippen molar-refractivity contribution in [3.05, 3.63) is 52.3 Å². The van der Waals surface area contributed by atoms with Crippen LogP contribution in [0.15, 0.2) is 24.3 Å². The lowest BCUT2D eigenvalue weighted by molar-refractivity contribution is 0.102. The minimum atomic E-state index is -0.467. The quantitative estimate of drug-likeness (QED) is 0.806. The molecular weight excluding hydrogens is 248 g/mol. The van der Waals surface area contributed by atoms with Crippen molar-refractivity contribution >= 4 is 0 Å². The first-order chi connectivity index (χ1) is 9.59. The maximum Gasteiger partial charge on any atom is 0.102 e. The topological polar surface area (TPSA) is 38.0 Å². The largest absolute Gasteiger partial charge is 0.386 e. The van der Waals surface area contributed by atoms with Gasteiger partial charge in [-0.2, -0.15) is 5.10 Å². The van der Waals surface area contributed by atoms with Crippen LogP contribution in [0.25, 0.3) is 0 Å². The Morgan fingerprint density at radius 1 is 1.20 bits per heavy atom. The first-order valence-electron chi connectivity index (χ1n) is 7.37. The van der Waals surface area contributed by atoms with E-state index in [1.165, 1.54) is 16.8 Å². The van der Waals surface area contributed by atoms with Crippen molar-refractivity contribution in [1.82, 2.24) is 9.78 Å². The Balaban J connectivity index is 2.04. The molecule has 1 aromatic heterocycles. The van der Waals surface area contributed by atoms with Crippen LogP contribution in [0, 0.1) is 20.8 Å². The zero-order valence-corrected chi connectivity index (χ0v) is 12.4. The highest BCUT2D eigenvalue weighted by atomic mass is 16.3. The number of nitrogens with zero attached hydrogens (tertiary/aromatic N) is 2. The monoisotopic (exact) mass is 270 g/mol. The molecule has 1 aliphatic rings. The number of aliphatic hydroxyl groups is 1. The van der Waals surface area contributed by atoms with Crippen LogP contribution in [-0.2, 0) is 6.42 Å². The molecule has 1 aliphatic carbocycles. The van der Waals surface area contributed by atoms with Crippen LogP contribution >= 0.6 is 0 Å². The van der Waals surface area contributed by atoms with Crippen LogP contribution in [0.4, 0.5) is 0 Å². The van der Waals surface area contributed by atoms with Gasteiger partial charge in [-0.25, -0.2) is 0 Å². The fourth-order valence-electron chi connectivity index (χ4n) is 3.24. The fourth-order valence-corrected chi connectivity index (χ4v) is 3.24. The number of fused-ring (bicyclic) bond motifs is 1. The molecule has 3 heteroatoms. The van der Waals surface area contributed by atoms with Crippen LogP contribution in [-0.4, -0.2) is 14.9 Å². The molecule has 0 radical (unpaired) electrons. The van der Waals surface area contributed by atoms with Crippen molar-refractivity contribution in [3.8, 4) is 0 Å². The van der Waals surface area contributed by atoms with Gasteiger partial charge in [-0.3, -0.25) is 4.68 Å². The summed E-state index contributed by atoms with van der Waals surface area (Å²) in [6.45, 7) is 6.24. The molecule has 2 unspecified atom stereocenters. The molecule has 0 spiro atoms. The Labute approximate surface area is 120 Å². The smallest absolute Gasteiger partial charge is 0.102 e. The summed E-state index contributed by atoms with van der Waals surface area (Å²) in [6.07, 6.45) is 2.64. The molecule has 3 rings (SSSR count). The lowest BCUT2D eigenvalue weighted by Crippen LogP contribution is -2.19. The van der Waals surface area contributed by atoms with Gasteiger partial charge in [-0.1, -0.05) is 24.3 Å². The third-order valence-corrected chi connectivity index (χ3v) is 4.69. The summed E-state index contributed by atoms with van der Waals surface area (Å²) < 4.78 is 2.04. The van der Waals surface area contributed by atoms with Crippen LogP contribution in [0.1, 0.15) is 53.1 Å². The van der Waals surface area contributed by atoms with Gasteiger partial charge in [-0.05, 0) is 56.7 Å². The molecule has 106 valence electrons. The molecule has 0 saturated carbocycles. The molecule has 2 aromatic rings. The van der Waals surface area contributed by atoms with Gasteiger partial charge in [0.25, 0.3) is 0 Å². The van der Waals surface area contributed by atoms with Crippen LogP contribution in [0.3, 0.4) is 0 Å². The SMILES string of the molecule is Cc1nn(C2CCCc3ccccc3C2O)c(C)c1C. The van der Waals surface area contributed by atoms with Gasteiger partial charge in [-0.15, -0.1) is 0 Å². The average molecular weight is 270 g/mol. The molecule has 0 bridgehead atoms. The highest BCUT2D eigenvalue weighted by molar-refractivity contribution is 5.32. The Hall–Kier alpha value is -1.61. The molecule has 1 heterocycles. The number of aromatic nitrogens is 2. The van der Waals surface area contributed by atoms with Crippen molar-refractivity contribution < 1.29 is 5.11 Å². The van der Waals surface area contributed by atoms with Crippen LogP contribution in [0.2, 0.25) is 0 Å². The van der Waals surface area contributed by atoms with Crippen LogP contribution < -0.4 is 0 Å². The average Bonchev–Trinajstić information content (AvgIpc) is 2.63. The van der Waals surface area contributed by atoms with E-state index in [1.807, 2.05) is 17.7 Å². The number of aliphatic hydroxyl groups excluding tert-OH is 1. The number of rotatable bonds is 1. The summed E-state index contributed by atoms with van der Waals surface area (Å²) in [4.78, 5) is 0. The van der Waals surface area contributed by atoms with E-state index >= 15 is 0 Å². The van der Waals surface area contributed by atoms with E-state index in [2.05, 4.69) is 37.1 Å². The Kier molecular flexibility index (Phi) is 3.38. The van der Waals surface area contributed by atoms with Crippen molar-refractivity contribution in [1.29, 1.82) is 0 Å². The van der Waals surface area contributed by atoms with Crippen molar-refractivity contribution in [3.63, 3.8) is 0 Å². The van der Waals surface area contributed by atoms with Gasteiger partial charge in [0.1, 0.15) is 6.10 Å². The number of benzene rings is 1. The normalized spacial score (nSPS) is 22.4. The zero-order chi connectivity index (χ0) is 14.3. The van der Waals surface area contributed by atoms with E-state index in [4.69, 9.17) is 0 Å². The maximum atomic E-state index is 10.8. The number of aryl methyl sites for hydroxylation is 2. The highest BCUT2D eigenvalue weighted by Gasteiger charge is 2.29. The minimum Gasteiger partial charge on any atom is -0.386 e. The summed E-state index contributed by atoms with van der Waals surface area (Å²) in [5, 5.41) is 15.5. The van der Waals surface area contributed by atoms with Gasteiger partial charge < -0.3 is 5.11 Å². The molecule has 0 amide bonds. The van der Waals surface area contributed by atoms with E-state index in [0.717, 1.165) is 30.5 Å². The first kappa shape index (κ1) is 13.4. The Morgan fingerprint density at radius 3 is 2.65 bits per heavy atom. The molecule has 3 nitrogen and oxygen atoms in total. The van der Waals surface area contributed by atoms with Crippen molar-refractivity contribution in [2.45, 2.75) is 52.2 Å². The van der Waals surface area contributed by atoms with Gasteiger partial charge in [0.2, 0.25) is 0 Å². The van der Waals surface area contributed by atoms with E-state index in [9.17, 15) is 5.11 Å². The number of hydrogen-bond acceptors (Lipinski definition) is 2. The van der Waals surface area contributed by atoms with E-state index in [-0.39, 0.29) is 6.04 Å². The van der Waals surface area contributed by atoms with Gasteiger partial charge in [0, 0.05) is 5.69 Å². The summed E-state index contributed by atoms with van der Waals surface area (Å²) in [7, 11) is 0. The summed E-state index contributed by atoms with van der Waals surface area (Å²) in [6, 6.07) is 8.30. The first-order valence-corrected chi connectivity index (χ1v) is 7.37. The lowest BCUT2D eigenvalue weighted by Gasteiger charge is -2.23. The Bertz CT molecular complexity index is 630. The van der Waals surface area contributed by atoms with Crippen molar-refractivity contribution in [2.24, 2.45) is 0 Å². The second-order valence-electron chi connectivity index (χ2n) is 5.84. The lowest BCUT2D eigenvalue weighted by atomic mass is 9.99. The summed E-state index contributed by atoms with van der Waals surface area (Å²) in [5.74, 6) is 0. The molecule has 0 saturated heterocycles. The fraction of sp³-hybridized carbons (Fsp3) is 0.471. The van der Waals surface area contributed by atoms with Gasteiger partial charge in [0.05, 0.1) is 11.7 Å². The second kappa shape index (κ2) is 5.06. The zero-order valence-electron chi connectivity index (χ0n) is 12.4. The number of hydrogen-bond donors (Lipinski definition) is 1. The van der Waals surface area contributed by atoms with Gasteiger partial charge in [0.15, 0.2) is 0 Å². The molecular formula is C17H22N2O. The minimum absolute atomic E-state index is 0.0473. The maximum absolute atomic E-state index is 10.8. The standard InChI is InChI=1S/C17H22N2O/c1-11-12(2)18-19(13(11)3)16-10-6-8-14-7-4-5-9-15(14)17(16)20/h4-5,7,9,16-17,20H,6,8,10H2,1-3H3. The molecule has 1 aromatic carbocycles. The Morgan fingerprint density at radius 2 is 1.95 bits per heavy atom. The molecule has 1 N–H and O–H groups in total. The predicted octanol–water partition coefficient (Wildman–Crippen LogP) is 3.42. The third-order valence-electron chi connectivity index (χ3n) is 4.69. The molecule has 20 heavy (non-hydrogen) atoms. The molecule has 0 fully saturated rings. The van der Waals surface area contributed by atoms with E-state index in [1.54, 1.807) is 0 Å². The van der Waals surface area contributed by atoms with E-state index < -0.39 is 6.10 Å². The van der Waals surface area contributed by atoms with Crippen LogP contribution in [0.5, 0.6) is 0 Å². The highest BCUT2D eigenvalue weighted by Crippen LogP contribution is 2.37. The predicted molar refractivity (Wildman–Crippen MR) is 79.8 cm³/mol. The van der Waals surface area contributed by atoms with E-state index in [0.29, 0.717) is 0 Å².